The first kappa shape index (κ1) is 20.0. The van der Waals surface area contributed by atoms with Gasteiger partial charge in [-0.15, -0.1) is 0 Å². The third kappa shape index (κ3) is 3.05. The molecule has 0 unspecified atom stereocenters. The van der Waals surface area contributed by atoms with Crippen LogP contribution in [0.15, 0.2) is 23.6 Å². The first-order valence-electron chi connectivity index (χ1n) is 11.8. The molecule has 0 spiro atoms. The molecule has 1 aromatic heterocycles. The molecular formula is C24H36N6. The van der Waals surface area contributed by atoms with Crippen molar-refractivity contribution in [2.45, 2.75) is 77.6 Å². The van der Waals surface area contributed by atoms with Crippen molar-refractivity contribution in [3.63, 3.8) is 0 Å². The summed E-state index contributed by atoms with van der Waals surface area (Å²) >= 11 is 0. The molecule has 1 aromatic rings. The number of hydrogen-bond acceptors (Lipinski definition) is 4. The molecule has 6 heteroatoms. The minimum absolute atomic E-state index is 0.0636. The summed E-state index contributed by atoms with van der Waals surface area (Å²) in [6.45, 7) is 5.17. The highest BCUT2D eigenvalue weighted by molar-refractivity contribution is 5.87. The van der Waals surface area contributed by atoms with Crippen molar-refractivity contribution in [3.8, 4) is 0 Å². The average molecular weight is 409 g/mol. The molecule has 1 heterocycles. The van der Waals surface area contributed by atoms with Crippen LogP contribution in [0.2, 0.25) is 0 Å². The van der Waals surface area contributed by atoms with Gasteiger partial charge in [0.25, 0.3) is 0 Å². The molecule has 0 saturated heterocycles. The van der Waals surface area contributed by atoms with E-state index in [0.717, 1.165) is 36.5 Å². The highest BCUT2D eigenvalue weighted by atomic mass is 15.3. The molecule has 4 aliphatic rings. The van der Waals surface area contributed by atoms with Gasteiger partial charge in [-0.25, -0.2) is 5.43 Å². The Labute approximate surface area is 180 Å². The van der Waals surface area contributed by atoms with E-state index < -0.39 is 0 Å². The molecule has 6 nitrogen and oxygen atoms in total. The number of guanidine groups is 1. The van der Waals surface area contributed by atoms with E-state index in [-0.39, 0.29) is 5.96 Å². The Morgan fingerprint density at radius 1 is 1.10 bits per heavy atom. The maximum atomic E-state index is 7.37. The van der Waals surface area contributed by atoms with Crippen LogP contribution in [0.25, 0.3) is 0 Å². The van der Waals surface area contributed by atoms with E-state index >= 15 is 0 Å². The van der Waals surface area contributed by atoms with Gasteiger partial charge in [-0.1, -0.05) is 13.8 Å². The molecule has 4 aliphatic carbocycles. The lowest BCUT2D eigenvalue weighted by Gasteiger charge is -2.60. The molecule has 0 amide bonds. The zero-order chi connectivity index (χ0) is 20.9. The van der Waals surface area contributed by atoms with E-state index in [0.29, 0.717) is 16.7 Å². The summed E-state index contributed by atoms with van der Waals surface area (Å²) in [5, 5.41) is 20.0. The lowest BCUT2D eigenvalue weighted by molar-refractivity contribution is -0.0950. The second-order valence-corrected chi connectivity index (χ2v) is 10.9. The van der Waals surface area contributed by atoms with Crippen LogP contribution in [-0.4, -0.2) is 21.9 Å². The van der Waals surface area contributed by atoms with E-state index in [9.17, 15) is 0 Å². The molecule has 30 heavy (non-hydrogen) atoms. The van der Waals surface area contributed by atoms with Crippen LogP contribution < -0.4 is 11.2 Å². The highest BCUT2D eigenvalue weighted by Crippen LogP contribution is 2.68. The van der Waals surface area contributed by atoms with E-state index in [1.807, 2.05) is 12.4 Å². The van der Waals surface area contributed by atoms with Crippen molar-refractivity contribution in [2.24, 2.45) is 45.3 Å². The number of hydrogen-bond donors (Lipinski definition) is 3. The Bertz CT molecular complexity index is 837. The SMILES string of the molecule is C[C@]12CCC(=NNC(=N)N)C[C@H]1CC[C@H]1[C@H]3CC[C@H](c4ccnnc4)[C@@]3(C)CC[C@@H]12. The van der Waals surface area contributed by atoms with Crippen LogP contribution in [0.3, 0.4) is 0 Å². The van der Waals surface area contributed by atoms with Gasteiger partial charge in [0.05, 0.1) is 6.20 Å². The number of nitrogens with one attached hydrogen (secondary N) is 2. The van der Waals surface area contributed by atoms with Crippen LogP contribution in [0.4, 0.5) is 0 Å². The second kappa shape index (κ2) is 7.31. The first-order valence-corrected chi connectivity index (χ1v) is 11.8. The van der Waals surface area contributed by atoms with Gasteiger partial charge in [-0.3, -0.25) is 5.41 Å². The molecular weight excluding hydrogens is 372 g/mol. The number of rotatable bonds is 2. The molecule has 5 rings (SSSR count). The van der Waals surface area contributed by atoms with E-state index in [4.69, 9.17) is 11.1 Å². The van der Waals surface area contributed by atoms with Gasteiger partial charge in [0.2, 0.25) is 5.96 Å². The molecule has 7 atom stereocenters. The Hall–Kier alpha value is -1.98. The molecule has 0 radical (unpaired) electrons. The third-order valence-electron chi connectivity index (χ3n) is 9.84. The molecule has 4 saturated carbocycles. The zero-order valence-corrected chi connectivity index (χ0v) is 18.4. The van der Waals surface area contributed by atoms with Crippen molar-refractivity contribution in [3.05, 3.63) is 24.0 Å². The minimum Gasteiger partial charge on any atom is -0.369 e. The topological polar surface area (TPSA) is 100 Å². The molecule has 162 valence electrons. The normalized spacial score (nSPS) is 44.1. The summed E-state index contributed by atoms with van der Waals surface area (Å²) in [7, 11) is 0. The van der Waals surface area contributed by atoms with E-state index in [1.54, 1.807) is 0 Å². The second-order valence-electron chi connectivity index (χ2n) is 10.9. The van der Waals surface area contributed by atoms with Gasteiger partial charge in [-0.2, -0.15) is 15.3 Å². The number of nitrogens with zero attached hydrogens (tertiary/aromatic N) is 3. The zero-order valence-electron chi connectivity index (χ0n) is 18.4. The van der Waals surface area contributed by atoms with Crippen molar-refractivity contribution in [1.29, 1.82) is 5.41 Å². The fraction of sp³-hybridized carbons (Fsp3) is 0.750. The van der Waals surface area contributed by atoms with Crippen LogP contribution in [0.5, 0.6) is 0 Å². The monoisotopic (exact) mass is 408 g/mol. The third-order valence-corrected chi connectivity index (χ3v) is 9.84. The van der Waals surface area contributed by atoms with Crippen molar-refractivity contribution < 1.29 is 0 Å². The lowest BCUT2D eigenvalue weighted by atomic mass is 9.44. The van der Waals surface area contributed by atoms with Crippen molar-refractivity contribution in [2.75, 3.05) is 0 Å². The average Bonchev–Trinajstić information content (AvgIpc) is 3.10. The van der Waals surface area contributed by atoms with Crippen LogP contribution in [-0.2, 0) is 0 Å². The maximum absolute atomic E-state index is 7.37. The van der Waals surface area contributed by atoms with Crippen LogP contribution in [0.1, 0.15) is 83.1 Å². The number of aromatic nitrogens is 2. The van der Waals surface area contributed by atoms with E-state index in [2.05, 4.69) is 40.6 Å². The predicted molar refractivity (Wildman–Crippen MR) is 119 cm³/mol. The quantitative estimate of drug-likeness (QED) is 0.382. The Balaban J connectivity index is 1.36. The Kier molecular flexibility index (Phi) is 4.86. The number of fused-ring (bicyclic) bond motifs is 5. The summed E-state index contributed by atoms with van der Waals surface area (Å²) in [6.07, 6.45) is 15.3. The number of hydrazone groups is 1. The fourth-order valence-electron chi connectivity index (χ4n) is 8.36. The summed E-state index contributed by atoms with van der Waals surface area (Å²) in [6, 6.07) is 2.20. The first-order chi connectivity index (χ1) is 14.4. The Morgan fingerprint density at radius 2 is 1.93 bits per heavy atom. The maximum Gasteiger partial charge on any atom is 0.206 e. The molecule has 4 fully saturated rings. The van der Waals surface area contributed by atoms with Crippen LogP contribution in [0, 0.1) is 39.9 Å². The van der Waals surface area contributed by atoms with Gasteiger partial charge in [0, 0.05) is 11.9 Å². The minimum atomic E-state index is -0.0636. The number of nitrogens with two attached hydrogens (primary N) is 1. The van der Waals surface area contributed by atoms with Crippen LogP contribution >= 0.6 is 0 Å². The lowest BCUT2D eigenvalue weighted by Crippen LogP contribution is -2.53. The highest BCUT2D eigenvalue weighted by Gasteiger charge is 2.60. The molecule has 4 N–H and O–H groups in total. The summed E-state index contributed by atoms with van der Waals surface area (Å²) < 4.78 is 0. The van der Waals surface area contributed by atoms with Crippen molar-refractivity contribution in [1.82, 2.24) is 15.6 Å². The summed E-state index contributed by atoms with van der Waals surface area (Å²) in [5.41, 5.74) is 11.6. The van der Waals surface area contributed by atoms with Gasteiger partial charge >= 0.3 is 0 Å². The smallest absolute Gasteiger partial charge is 0.206 e. The summed E-state index contributed by atoms with van der Waals surface area (Å²) in [5.74, 6) is 3.88. The molecule has 0 bridgehead atoms. The fourth-order valence-corrected chi connectivity index (χ4v) is 8.36. The van der Waals surface area contributed by atoms with Crippen molar-refractivity contribution >= 4 is 11.7 Å². The van der Waals surface area contributed by atoms with Gasteiger partial charge < -0.3 is 5.73 Å². The summed E-state index contributed by atoms with van der Waals surface area (Å²) in [4.78, 5) is 0. The molecule has 0 aromatic carbocycles. The van der Waals surface area contributed by atoms with Gasteiger partial charge in [0.15, 0.2) is 0 Å². The van der Waals surface area contributed by atoms with Gasteiger partial charge in [0.1, 0.15) is 0 Å². The largest absolute Gasteiger partial charge is 0.369 e. The Morgan fingerprint density at radius 3 is 2.70 bits per heavy atom. The molecule has 0 aliphatic heterocycles. The predicted octanol–water partition coefficient (Wildman–Crippen LogP) is 4.44. The van der Waals surface area contributed by atoms with Gasteiger partial charge in [-0.05, 0) is 110 Å². The standard InChI is InChI=1S/C24H36N6/c1-23-10-7-17(29-30-22(25)26)13-16(23)3-4-18-20-6-5-19(15-9-12-27-28-14-15)24(20,2)11-8-21(18)23/h9,12,14,16,18-21H,3-8,10-11,13H2,1-2H3,(H4,25,26,30)/t16-,18+,19-,20-,21+,23+,24-/m1/s1. The van der Waals surface area contributed by atoms with E-state index in [1.165, 1.54) is 56.2 Å².